The molecule has 2 heterocycles. The highest BCUT2D eigenvalue weighted by atomic mass is 32.1. The largest absolute Gasteiger partial charge is 0.328 e. The number of aromatic nitrogens is 3. The van der Waals surface area contributed by atoms with Gasteiger partial charge in [0.25, 0.3) is 5.56 Å². The number of aromatic amines is 1. The molecule has 0 bridgehead atoms. The number of thiazole rings is 1. The summed E-state index contributed by atoms with van der Waals surface area (Å²) in [5.74, 6) is -0.372. The zero-order valence-corrected chi connectivity index (χ0v) is 11.4. The summed E-state index contributed by atoms with van der Waals surface area (Å²) in [5.41, 5.74) is -1.14. The van der Waals surface area contributed by atoms with Crippen LogP contribution < -0.4 is 11.2 Å². The highest BCUT2D eigenvalue weighted by Gasteiger charge is 2.12. The van der Waals surface area contributed by atoms with E-state index >= 15 is 0 Å². The smallest absolute Gasteiger partial charge is 0.313 e. The van der Waals surface area contributed by atoms with Gasteiger partial charge in [0, 0.05) is 17.3 Å². The lowest BCUT2D eigenvalue weighted by molar-refractivity contribution is 0.101. The molecular weight excluding hydrogens is 266 g/mol. The van der Waals surface area contributed by atoms with Crippen molar-refractivity contribution in [3.05, 3.63) is 48.7 Å². The van der Waals surface area contributed by atoms with E-state index in [0.29, 0.717) is 5.01 Å². The standard InChI is InChI=1S/C12H13N3O3S/c1-3-8-4-13-10(19-8)6-15-11(17)9(7(2)16)5-14-12(15)18/h4-5H,3,6H2,1-2H3,(H,14,18). The first-order chi connectivity index (χ1) is 9.02. The third-order valence-corrected chi connectivity index (χ3v) is 3.81. The summed E-state index contributed by atoms with van der Waals surface area (Å²) in [6, 6.07) is 0. The molecule has 0 aliphatic heterocycles. The van der Waals surface area contributed by atoms with Crippen LogP contribution in [0.3, 0.4) is 0 Å². The van der Waals surface area contributed by atoms with Crippen molar-refractivity contribution in [2.24, 2.45) is 0 Å². The molecule has 0 atom stereocenters. The van der Waals surface area contributed by atoms with E-state index in [0.717, 1.165) is 22.1 Å². The van der Waals surface area contributed by atoms with E-state index in [1.165, 1.54) is 18.3 Å². The molecule has 0 aliphatic rings. The van der Waals surface area contributed by atoms with Crippen molar-refractivity contribution < 1.29 is 4.79 Å². The van der Waals surface area contributed by atoms with Gasteiger partial charge in [-0.15, -0.1) is 11.3 Å². The minimum atomic E-state index is -0.579. The molecule has 100 valence electrons. The van der Waals surface area contributed by atoms with Gasteiger partial charge in [-0.3, -0.25) is 14.2 Å². The number of rotatable bonds is 4. The normalized spacial score (nSPS) is 10.6. The molecular formula is C12H13N3O3S. The molecule has 0 unspecified atom stereocenters. The Morgan fingerprint density at radius 1 is 1.47 bits per heavy atom. The molecule has 0 fully saturated rings. The minimum Gasteiger partial charge on any atom is -0.313 e. The molecule has 7 heteroatoms. The number of carbonyl (C=O) groups is 1. The van der Waals surface area contributed by atoms with Gasteiger partial charge >= 0.3 is 5.69 Å². The molecule has 19 heavy (non-hydrogen) atoms. The number of ketones is 1. The monoisotopic (exact) mass is 279 g/mol. The van der Waals surface area contributed by atoms with Crippen LogP contribution in [0, 0.1) is 0 Å². The molecule has 0 saturated heterocycles. The van der Waals surface area contributed by atoms with Gasteiger partial charge in [0.15, 0.2) is 5.78 Å². The van der Waals surface area contributed by atoms with Crippen molar-refractivity contribution in [3.63, 3.8) is 0 Å². The molecule has 6 nitrogen and oxygen atoms in total. The van der Waals surface area contributed by atoms with Crippen LogP contribution in [0.5, 0.6) is 0 Å². The zero-order valence-electron chi connectivity index (χ0n) is 10.6. The highest BCUT2D eigenvalue weighted by Crippen LogP contribution is 2.13. The first-order valence-corrected chi connectivity index (χ1v) is 6.61. The molecule has 0 saturated carbocycles. The molecule has 2 aromatic rings. The van der Waals surface area contributed by atoms with Crippen LogP contribution in [0.15, 0.2) is 22.0 Å². The van der Waals surface area contributed by atoms with Gasteiger partial charge in [-0.05, 0) is 13.3 Å². The van der Waals surface area contributed by atoms with Gasteiger partial charge in [-0.1, -0.05) is 6.92 Å². The van der Waals surface area contributed by atoms with Crippen LogP contribution in [0.2, 0.25) is 0 Å². The minimum absolute atomic E-state index is 0.0214. The maximum Gasteiger partial charge on any atom is 0.328 e. The van der Waals surface area contributed by atoms with Crippen molar-refractivity contribution >= 4 is 17.1 Å². The van der Waals surface area contributed by atoms with Crippen molar-refractivity contribution in [1.29, 1.82) is 0 Å². The summed E-state index contributed by atoms with van der Waals surface area (Å²) in [7, 11) is 0. The molecule has 0 radical (unpaired) electrons. The second kappa shape index (κ2) is 5.31. The number of nitrogens with zero attached hydrogens (tertiary/aromatic N) is 2. The third-order valence-electron chi connectivity index (χ3n) is 2.68. The molecule has 0 aromatic carbocycles. The van der Waals surface area contributed by atoms with Crippen LogP contribution in [-0.2, 0) is 13.0 Å². The molecule has 2 rings (SSSR count). The maximum absolute atomic E-state index is 12.0. The Hall–Kier alpha value is -2.02. The van der Waals surface area contributed by atoms with Crippen LogP contribution in [0.4, 0.5) is 0 Å². The van der Waals surface area contributed by atoms with E-state index in [4.69, 9.17) is 0 Å². The SMILES string of the molecule is CCc1cnc(Cn2c(=O)[nH]cc(C(C)=O)c2=O)s1. The summed E-state index contributed by atoms with van der Waals surface area (Å²) >= 11 is 1.45. The molecule has 0 aliphatic carbocycles. The number of hydrogen-bond donors (Lipinski definition) is 1. The Morgan fingerprint density at radius 2 is 2.21 bits per heavy atom. The fourth-order valence-electron chi connectivity index (χ4n) is 1.63. The summed E-state index contributed by atoms with van der Waals surface area (Å²) in [4.78, 5) is 42.6. The number of hydrogen-bond acceptors (Lipinski definition) is 5. The van der Waals surface area contributed by atoms with Gasteiger partial charge in [-0.2, -0.15) is 0 Å². The highest BCUT2D eigenvalue weighted by molar-refractivity contribution is 7.11. The Bertz CT molecular complexity index is 726. The average Bonchev–Trinajstić information content (AvgIpc) is 2.81. The summed E-state index contributed by atoms with van der Waals surface area (Å²) in [6.07, 6.45) is 3.74. The quantitative estimate of drug-likeness (QED) is 0.839. The fraction of sp³-hybridized carbons (Fsp3) is 0.333. The lowest BCUT2D eigenvalue weighted by Crippen LogP contribution is -2.37. The maximum atomic E-state index is 12.0. The fourth-order valence-corrected chi connectivity index (χ4v) is 2.48. The summed E-state index contributed by atoms with van der Waals surface area (Å²) < 4.78 is 0.995. The number of Topliss-reactive ketones (excluding diaryl/α,β-unsaturated/α-hetero) is 1. The van der Waals surface area contributed by atoms with Gasteiger partial charge in [-0.25, -0.2) is 9.78 Å². The number of H-pyrrole nitrogens is 1. The topological polar surface area (TPSA) is 84.8 Å². The van der Waals surface area contributed by atoms with E-state index in [1.54, 1.807) is 6.20 Å². The van der Waals surface area contributed by atoms with Crippen molar-refractivity contribution in [2.45, 2.75) is 26.8 Å². The van der Waals surface area contributed by atoms with E-state index in [1.807, 2.05) is 6.92 Å². The van der Waals surface area contributed by atoms with E-state index < -0.39 is 11.2 Å². The van der Waals surface area contributed by atoms with E-state index in [9.17, 15) is 14.4 Å². The van der Waals surface area contributed by atoms with Gasteiger partial charge in [0.05, 0.1) is 12.1 Å². The van der Waals surface area contributed by atoms with Crippen molar-refractivity contribution in [3.8, 4) is 0 Å². The Morgan fingerprint density at radius 3 is 2.79 bits per heavy atom. The number of carbonyl (C=O) groups excluding carboxylic acids is 1. The zero-order chi connectivity index (χ0) is 14.0. The predicted molar refractivity (Wildman–Crippen MR) is 71.9 cm³/mol. The van der Waals surface area contributed by atoms with Crippen LogP contribution in [0.1, 0.15) is 34.1 Å². The Balaban J connectivity index is 2.45. The third kappa shape index (κ3) is 2.70. The van der Waals surface area contributed by atoms with Crippen LogP contribution in [0.25, 0.3) is 0 Å². The molecule has 1 N–H and O–H groups in total. The van der Waals surface area contributed by atoms with E-state index in [-0.39, 0.29) is 17.9 Å². The Labute approximate surface area is 112 Å². The summed E-state index contributed by atoms with van der Waals surface area (Å²) in [5, 5.41) is 0.671. The second-order valence-electron chi connectivity index (χ2n) is 4.03. The number of nitrogens with one attached hydrogen (secondary N) is 1. The average molecular weight is 279 g/mol. The first kappa shape index (κ1) is 13.4. The first-order valence-electron chi connectivity index (χ1n) is 5.80. The van der Waals surface area contributed by atoms with Crippen LogP contribution in [-0.4, -0.2) is 20.3 Å². The number of aryl methyl sites for hydroxylation is 1. The molecule has 0 spiro atoms. The molecule has 2 aromatic heterocycles. The summed E-state index contributed by atoms with van der Waals surface area (Å²) in [6.45, 7) is 3.38. The van der Waals surface area contributed by atoms with Crippen molar-refractivity contribution in [2.75, 3.05) is 0 Å². The lowest BCUT2D eigenvalue weighted by Gasteiger charge is -2.03. The van der Waals surface area contributed by atoms with Crippen molar-refractivity contribution in [1.82, 2.24) is 14.5 Å². The Kier molecular flexibility index (Phi) is 3.75. The van der Waals surface area contributed by atoms with E-state index in [2.05, 4.69) is 9.97 Å². The van der Waals surface area contributed by atoms with Crippen LogP contribution >= 0.6 is 11.3 Å². The molecule has 0 amide bonds. The van der Waals surface area contributed by atoms with Gasteiger partial charge in [0.2, 0.25) is 0 Å². The van der Waals surface area contributed by atoms with Gasteiger partial charge in [0.1, 0.15) is 5.01 Å². The second-order valence-corrected chi connectivity index (χ2v) is 5.23. The van der Waals surface area contributed by atoms with Gasteiger partial charge < -0.3 is 4.98 Å². The lowest BCUT2D eigenvalue weighted by atomic mass is 10.2. The predicted octanol–water partition coefficient (Wildman–Crippen LogP) is 0.806.